The summed E-state index contributed by atoms with van der Waals surface area (Å²) in [6.07, 6.45) is -2.44. The van der Waals surface area contributed by atoms with Gasteiger partial charge in [-0.2, -0.15) is 13.2 Å². The van der Waals surface area contributed by atoms with Crippen LogP contribution in [0, 0.1) is 0 Å². The predicted molar refractivity (Wildman–Crippen MR) is 55.1 cm³/mol. The van der Waals surface area contributed by atoms with E-state index in [0.29, 0.717) is 6.42 Å². The van der Waals surface area contributed by atoms with Gasteiger partial charge in [0, 0.05) is 24.0 Å². The monoisotopic (exact) mass is 238 g/mol. The predicted octanol–water partition coefficient (Wildman–Crippen LogP) is 3.68. The van der Waals surface area contributed by atoms with Crippen LogP contribution in [0.5, 0.6) is 0 Å². The van der Waals surface area contributed by atoms with E-state index in [9.17, 15) is 13.2 Å². The van der Waals surface area contributed by atoms with Crippen molar-refractivity contribution in [1.82, 2.24) is 4.98 Å². The van der Waals surface area contributed by atoms with Crippen LogP contribution in [0.1, 0.15) is 26.2 Å². The van der Waals surface area contributed by atoms with Gasteiger partial charge in [-0.1, -0.05) is 0 Å². The molecule has 1 rings (SSSR count). The Kier molecular flexibility index (Phi) is 4.38. The van der Waals surface area contributed by atoms with E-state index >= 15 is 0 Å². The molecule has 0 radical (unpaired) electrons. The fourth-order valence-electron chi connectivity index (χ4n) is 1.19. The Morgan fingerprint density at radius 1 is 1.53 bits per heavy atom. The van der Waals surface area contributed by atoms with Crippen molar-refractivity contribution in [3.05, 3.63) is 11.6 Å². The van der Waals surface area contributed by atoms with Gasteiger partial charge in [-0.15, -0.1) is 11.3 Å². The van der Waals surface area contributed by atoms with Crippen LogP contribution >= 0.6 is 11.3 Å². The van der Waals surface area contributed by atoms with Crippen molar-refractivity contribution in [1.29, 1.82) is 0 Å². The molecule has 0 aliphatic carbocycles. The minimum Gasteiger partial charge on any atom is -0.359 e. The van der Waals surface area contributed by atoms with E-state index in [2.05, 4.69) is 10.3 Å². The lowest BCUT2D eigenvalue weighted by molar-refractivity contribution is -0.135. The summed E-state index contributed by atoms with van der Waals surface area (Å²) in [5.74, 6) is 0. The summed E-state index contributed by atoms with van der Waals surface area (Å²) in [5, 5.41) is 5.63. The zero-order valence-corrected chi connectivity index (χ0v) is 9.16. The number of rotatable bonds is 5. The lowest BCUT2D eigenvalue weighted by atomic mass is 10.1. The van der Waals surface area contributed by atoms with Gasteiger partial charge in [-0.3, -0.25) is 0 Å². The van der Waals surface area contributed by atoms with Crippen molar-refractivity contribution in [2.45, 2.75) is 38.4 Å². The highest BCUT2D eigenvalue weighted by molar-refractivity contribution is 7.13. The van der Waals surface area contributed by atoms with Crippen molar-refractivity contribution in [2.24, 2.45) is 0 Å². The molecule has 1 atom stereocenters. The normalized spacial score (nSPS) is 13.9. The van der Waals surface area contributed by atoms with E-state index in [1.165, 1.54) is 11.3 Å². The molecule has 0 saturated carbocycles. The third kappa shape index (κ3) is 5.61. The summed E-state index contributed by atoms with van der Waals surface area (Å²) in [6, 6.07) is 0.0264. The molecule has 1 aromatic heterocycles. The quantitative estimate of drug-likeness (QED) is 0.846. The van der Waals surface area contributed by atoms with Crippen LogP contribution in [-0.2, 0) is 0 Å². The van der Waals surface area contributed by atoms with Crippen LogP contribution in [-0.4, -0.2) is 17.2 Å². The minimum atomic E-state index is -4.04. The molecule has 0 spiro atoms. The first-order chi connectivity index (χ1) is 6.97. The van der Waals surface area contributed by atoms with Crippen molar-refractivity contribution >= 4 is 16.5 Å². The van der Waals surface area contributed by atoms with E-state index in [-0.39, 0.29) is 12.5 Å². The van der Waals surface area contributed by atoms with Gasteiger partial charge in [0.25, 0.3) is 0 Å². The van der Waals surface area contributed by atoms with E-state index in [1.54, 1.807) is 6.20 Å². The molecule has 6 heteroatoms. The number of nitrogens with zero attached hydrogens (tertiary/aromatic N) is 1. The molecule has 2 nitrogen and oxygen atoms in total. The van der Waals surface area contributed by atoms with Crippen molar-refractivity contribution in [3.8, 4) is 0 Å². The molecule has 0 aromatic carbocycles. The SMILES string of the molecule is CC(CCCC(F)(F)F)Nc1nccs1. The Balaban J connectivity index is 2.17. The van der Waals surface area contributed by atoms with E-state index in [1.807, 2.05) is 12.3 Å². The standard InChI is InChI=1S/C9H13F3N2S/c1-7(3-2-4-9(10,11)12)14-8-13-5-6-15-8/h5-7H,2-4H2,1H3,(H,13,14). The van der Waals surface area contributed by atoms with Gasteiger partial charge in [0.05, 0.1) is 0 Å². The highest BCUT2D eigenvalue weighted by Gasteiger charge is 2.26. The highest BCUT2D eigenvalue weighted by atomic mass is 32.1. The van der Waals surface area contributed by atoms with Crippen LogP contribution in [0.4, 0.5) is 18.3 Å². The maximum absolute atomic E-state index is 11.9. The van der Waals surface area contributed by atoms with Crippen molar-refractivity contribution in [2.75, 3.05) is 5.32 Å². The molecule has 0 fully saturated rings. The highest BCUT2D eigenvalue weighted by Crippen LogP contribution is 2.23. The summed E-state index contributed by atoms with van der Waals surface area (Å²) in [7, 11) is 0. The average molecular weight is 238 g/mol. The summed E-state index contributed by atoms with van der Waals surface area (Å²) in [4.78, 5) is 4.00. The van der Waals surface area contributed by atoms with Crippen molar-refractivity contribution in [3.63, 3.8) is 0 Å². The maximum Gasteiger partial charge on any atom is 0.389 e. The molecule has 0 aliphatic heterocycles. The summed E-state index contributed by atoms with van der Waals surface area (Å²) >= 11 is 1.45. The number of halogens is 3. The van der Waals surface area contributed by atoms with Gasteiger partial charge < -0.3 is 5.32 Å². The van der Waals surface area contributed by atoms with Gasteiger partial charge in [0.1, 0.15) is 0 Å². The fourth-order valence-corrected chi connectivity index (χ4v) is 1.83. The van der Waals surface area contributed by atoms with Gasteiger partial charge >= 0.3 is 6.18 Å². The summed E-state index contributed by atoms with van der Waals surface area (Å²) in [6.45, 7) is 1.86. The Bertz CT molecular complexity index is 271. The van der Waals surface area contributed by atoms with Crippen LogP contribution in [0.15, 0.2) is 11.6 Å². The molecule has 0 aliphatic rings. The zero-order chi connectivity index (χ0) is 11.3. The number of thiazole rings is 1. The Morgan fingerprint density at radius 3 is 2.80 bits per heavy atom. The Morgan fingerprint density at radius 2 is 2.27 bits per heavy atom. The smallest absolute Gasteiger partial charge is 0.359 e. The molecule has 1 aromatic rings. The lowest BCUT2D eigenvalue weighted by Gasteiger charge is -2.13. The van der Waals surface area contributed by atoms with E-state index < -0.39 is 12.6 Å². The first-order valence-electron chi connectivity index (χ1n) is 4.70. The number of alkyl halides is 3. The second-order valence-electron chi connectivity index (χ2n) is 3.39. The van der Waals surface area contributed by atoms with E-state index in [4.69, 9.17) is 0 Å². The second kappa shape index (κ2) is 5.34. The fraction of sp³-hybridized carbons (Fsp3) is 0.667. The maximum atomic E-state index is 11.9. The van der Waals surface area contributed by atoms with Crippen LogP contribution in [0.25, 0.3) is 0 Å². The molecule has 86 valence electrons. The Hall–Kier alpha value is -0.780. The van der Waals surface area contributed by atoms with Crippen LogP contribution in [0.2, 0.25) is 0 Å². The number of hydrogen-bond donors (Lipinski definition) is 1. The first kappa shape index (κ1) is 12.3. The molecule has 1 N–H and O–H groups in total. The first-order valence-corrected chi connectivity index (χ1v) is 5.58. The average Bonchev–Trinajstić information content (AvgIpc) is 2.54. The summed E-state index contributed by atoms with van der Waals surface area (Å²) in [5.41, 5.74) is 0. The van der Waals surface area contributed by atoms with Gasteiger partial charge in [-0.05, 0) is 19.8 Å². The van der Waals surface area contributed by atoms with Gasteiger partial charge in [0.2, 0.25) is 0 Å². The third-order valence-corrected chi connectivity index (χ3v) is 2.60. The molecule has 15 heavy (non-hydrogen) atoms. The lowest BCUT2D eigenvalue weighted by Crippen LogP contribution is -2.16. The molecular formula is C9H13F3N2S. The molecule has 0 bridgehead atoms. The number of nitrogens with one attached hydrogen (secondary N) is 1. The van der Waals surface area contributed by atoms with Gasteiger partial charge in [-0.25, -0.2) is 4.98 Å². The van der Waals surface area contributed by atoms with Gasteiger partial charge in [0.15, 0.2) is 5.13 Å². The van der Waals surface area contributed by atoms with Crippen LogP contribution in [0.3, 0.4) is 0 Å². The number of anilines is 1. The second-order valence-corrected chi connectivity index (χ2v) is 4.28. The molecular weight excluding hydrogens is 225 g/mol. The largest absolute Gasteiger partial charge is 0.389 e. The number of hydrogen-bond acceptors (Lipinski definition) is 3. The molecule has 1 heterocycles. The van der Waals surface area contributed by atoms with E-state index in [0.717, 1.165) is 5.13 Å². The van der Waals surface area contributed by atoms with Crippen molar-refractivity contribution < 1.29 is 13.2 Å². The molecule has 0 amide bonds. The minimum absolute atomic E-state index is 0.0264. The third-order valence-electron chi connectivity index (χ3n) is 1.90. The topological polar surface area (TPSA) is 24.9 Å². The molecule has 1 unspecified atom stereocenters. The van der Waals surface area contributed by atoms with Crippen LogP contribution < -0.4 is 5.32 Å². The zero-order valence-electron chi connectivity index (χ0n) is 8.34. The Labute approximate surface area is 90.5 Å². The number of aromatic nitrogens is 1. The molecule has 0 saturated heterocycles. The summed E-state index contributed by atoms with van der Waals surface area (Å²) < 4.78 is 35.6.